The zero-order valence-corrected chi connectivity index (χ0v) is 10.1. The number of hydrogen-bond donors (Lipinski definition) is 3. The first-order chi connectivity index (χ1) is 8.48. The van der Waals surface area contributed by atoms with Crippen LogP contribution in [0.2, 0.25) is 0 Å². The summed E-state index contributed by atoms with van der Waals surface area (Å²) >= 11 is 0. The second kappa shape index (κ2) is 4.55. The molecular weight excluding hydrogens is 236 g/mol. The second-order valence-corrected chi connectivity index (χ2v) is 4.69. The van der Waals surface area contributed by atoms with E-state index in [1.165, 1.54) is 17.3 Å². The zero-order valence-electron chi connectivity index (χ0n) is 10.1. The van der Waals surface area contributed by atoms with E-state index < -0.39 is 11.7 Å². The van der Waals surface area contributed by atoms with Gasteiger partial charge in [0.1, 0.15) is 5.60 Å². The third-order valence-corrected chi connectivity index (χ3v) is 3.42. The Balaban J connectivity index is 2.36. The Hall–Kier alpha value is -1.66. The molecule has 98 valence electrons. The van der Waals surface area contributed by atoms with Crippen LogP contribution >= 0.6 is 0 Å². The van der Waals surface area contributed by atoms with Gasteiger partial charge in [-0.2, -0.15) is 0 Å². The monoisotopic (exact) mass is 252 g/mol. The lowest BCUT2D eigenvalue weighted by molar-refractivity contribution is 0.0437. The highest BCUT2D eigenvalue weighted by atomic mass is 16.4. The zero-order chi connectivity index (χ0) is 13.3. The van der Waals surface area contributed by atoms with Gasteiger partial charge in [-0.25, -0.2) is 4.79 Å². The van der Waals surface area contributed by atoms with E-state index in [9.17, 15) is 15.0 Å². The van der Waals surface area contributed by atoms with Crippen molar-refractivity contribution in [3.8, 4) is 0 Å². The molecule has 18 heavy (non-hydrogen) atoms. The third kappa shape index (κ3) is 2.04. The quantitative estimate of drug-likeness (QED) is 0.714. The van der Waals surface area contributed by atoms with E-state index >= 15 is 0 Å². The number of pyridine rings is 1. The molecule has 6 heteroatoms. The fourth-order valence-corrected chi connectivity index (χ4v) is 2.56. The molecule has 0 spiro atoms. The average molecular weight is 252 g/mol. The minimum absolute atomic E-state index is 0.0144. The first-order valence-electron chi connectivity index (χ1n) is 5.74. The number of aliphatic hydroxyl groups is 2. The molecule has 0 aliphatic carbocycles. The van der Waals surface area contributed by atoms with Gasteiger partial charge in [-0.05, 0) is 18.6 Å². The summed E-state index contributed by atoms with van der Waals surface area (Å²) in [5.41, 5.74) is -0.172. The molecular formula is C12H16N2O4. The van der Waals surface area contributed by atoms with E-state index in [2.05, 4.69) is 4.98 Å². The van der Waals surface area contributed by atoms with Gasteiger partial charge >= 0.3 is 6.09 Å². The van der Waals surface area contributed by atoms with Crippen LogP contribution in [0.3, 0.4) is 0 Å². The molecule has 2 atom stereocenters. The Morgan fingerprint density at radius 1 is 1.67 bits per heavy atom. The lowest BCUT2D eigenvalue weighted by Crippen LogP contribution is -2.35. The van der Waals surface area contributed by atoms with Gasteiger partial charge in [-0.15, -0.1) is 0 Å². The Bertz CT molecular complexity index is 465. The van der Waals surface area contributed by atoms with Gasteiger partial charge in [-0.1, -0.05) is 0 Å². The first-order valence-corrected chi connectivity index (χ1v) is 5.74. The van der Waals surface area contributed by atoms with Gasteiger partial charge in [0.2, 0.25) is 0 Å². The van der Waals surface area contributed by atoms with Crippen molar-refractivity contribution in [3.63, 3.8) is 0 Å². The molecule has 1 aliphatic heterocycles. The van der Waals surface area contributed by atoms with Crippen LogP contribution in [0, 0.1) is 0 Å². The van der Waals surface area contributed by atoms with Crippen molar-refractivity contribution >= 4 is 6.09 Å². The van der Waals surface area contributed by atoms with E-state index in [0.717, 1.165) is 0 Å². The van der Waals surface area contributed by atoms with Crippen molar-refractivity contribution in [2.45, 2.75) is 31.6 Å². The van der Waals surface area contributed by atoms with Crippen molar-refractivity contribution in [2.24, 2.45) is 0 Å². The SMILES string of the molecule is C[C@H]1CC(O)(c2ccncc2CO)CN1C(=O)O. The van der Waals surface area contributed by atoms with E-state index in [0.29, 0.717) is 17.5 Å². The summed E-state index contributed by atoms with van der Waals surface area (Å²) in [5, 5.41) is 28.9. The summed E-state index contributed by atoms with van der Waals surface area (Å²) in [4.78, 5) is 16.1. The summed E-state index contributed by atoms with van der Waals surface area (Å²) < 4.78 is 0. The predicted octanol–water partition coefficient (Wildman–Crippen LogP) is 0.534. The standard InChI is InChI=1S/C12H16N2O4/c1-8-4-12(18,7-14(8)11(16)17)10-2-3-13-5-9(10)6-15/h2-3,5,8,15,18H,4,6-7H2,1H3,(H,16,17)/t8-,12?/m0/s1. The molecule has 1 fully saturated rings. The van der Waals surface area contributed by atoms with E-state index in [4.69, 9.17) is 5.11 Å². The maximum atomic E-state index is 11.0. The van der Waals surface area contributed by atoms with Crippen molar-refractivity contribution < 1.29 is 20.1 Å². The molecule has 1 aromatic rings. The second-order valence-electron chi connectivity index (χ2n) is 4.69. The van der Waals surface area contributed by atoms with Gasteiger partial charge in [0.15, 0.2) is 0 Å². The van der Waals surface area contributed by atoms with Gasteiger partial charge in [0.25, 0.3) is 0 Å². The summed E-state index contributed by atoms with van der Waals surface area (Å²) in [6, 6.07) is 1.37. The van der Waals surface area contributed by atoms with Crippen molar-refractivity contribution in [1.29, 1.82) is 0 Å². The molecule has 2 rings (SSSR count). The van der Waals surface area contributed by atoms with Crippen LogP contribution in [-0.2, 0) is 12.2 Å². The summed E-state index contributed by atoms with van der Waals surface area (Å²) in [6.07, 6.45) is 2.29. The molecule has 1 unspecified atom stereocenters. The molecule has 0 radical (unpaired) electrons. The molecule has 1 aliphatic rings. The number of rotatable bonds is 2. The highest BCUT2D eigenvalue weighted by Gasteiger charge is 2.45. The number of aliphatic hydroxyl groups excluding tert-OH is 1. The Morgan fingerprint density at radius 3 is 2.94 bits per heavy atom. The number of β-amino-alcohol motifs (C(OH)–C–C–N with tert-alkyl or cyclic N) is 1. The highest BCUT2D eigenvalue weighted by Crippen LogP contribution is 2.37. The lowest BCUT2D eigenvalue weighted by atomic mass is 9.89. The van der Waals surface area contributed by atoms with Gasteiger partial charge < -0.3 is 20.2 Å². The molecule has 0 aromatic carbocycles. The number of carboxylic acid groups (broad SMARTS) is 1. The van der Waals surface area contributed by atoms with Crippen molar-refractivity contribution in [2.75, 3.05) is 6.54 Å². The molecule has 0 bridgehead atoms. The topological polar surface area (TPSA) is 93.9 Å². The minimum atomic E-state index is -1.25. The maximum Gasteiger partial charge on any atom is 0.407 e. The summed E-state index contributed by atoms with van der Waals surface area (Å²) in [6.45, 7) is 1.54. The number of amides is 1. The van der Waals surface area contributed by atoms with Crippen LogP contribution in [0.5, 0.6) is 0 Å². The first kappa shape index (κ1) is 12.8. The highest BCUT2D eigenvalue weighted by molar-refractivity contribution is 5.66. The van der Waals surface area contributed by atoms with E-state index in [1.807, 2.05) is 0 Å². The Kier molecular flexibility index (Phi) is 3.23. The molecule has 6 nitrogen and oxygen atoms in total. The minimum Gasteiger partial charge on any atom is -0.465 e. The van der Waals surface area contributed by atoms with Gasteiger partial charge in [-0.3, -0.25) is 4.98 Å². The molecule has 1 amide bonds. The molecule has 1 saturated heterocycles. The number of hydrogen-bond acceptors (Lipinski definition) is 4. The van der Waals surface area contributed by atoms with E-state index in [-0.39, 0.29) is 19.2 Å². The van der Waals surface area contributed by atoms with Crippen LogP contribution in [-0.4, -0.2) is 43.9 Å². The maximum absolute atomic E-state index is 11.0. The number of nitrogens with zero attached hydrogens (tertiary/aromatic N) is 2. The van der Waals surface area contributed by atoms with Crippen LogP contribution in [0.1, 0.15) is 24.5 Å². The Morgan fingerprint density at radius 2 is 2.39 bits per heavy atom. The van der Waals surface area contributed by atoms with Crippen molar-refractivity contribution in [1.82, 2.24) is 9.88 Å². The van der Waals surface area contributed by atoms with Crippen LogP contribution in [0.25, 0.3) is 0 Å². The van der Waals surface area contributed by atoms with Crippen LogP contribution in [0.15, 0.2) is 18.5 Å². The number of carbonyl (C=O) groups is 1. The smallest absolute Gasteiger partial charge is 0.407 e. The molecule has 3 N–H and O–H groups in total. The Labute approximate surface area is 105 Å². The van der Waals surface area contributed by atoms with Gasteiger partial charge in [0, 0.05) is 30.4 Å². The average Bonchev–Trinajstić information content (AvgIpc) is 2.66. The number of likely N-dealkylation sites (tertiary alicyclic amines) is 1. The van der Waals surface area contributed by atoms with Crippen LogP contribution in [0.4, 0.5) is 4.79 Å². The summed E-state index contributed by atoms with van der Waals surface area (Å²) in [7, 11) is 0. The fourth-order valence-electron chi connectivity index (χ4n) is 2.56. The number of aromatic nitrogens is 1. The predicted molar refractivity (Wildman–Crippen MR) is 62.9 cm³/mol. The summed E-state index contributed by atoms with van der Waals surface area (Å²) in [5.74, 6) is 0. The van der Waals surface area contributed by atoms with E-state index in [1.54, 1.807) is 13.0 Å². The largest absolute Gasteiger partial charge is 0.465 e. The molecule has 0 saturated carbocycles. The van der Waals surface area contributed by atoms with Gasteiger partial charge in [0.05, 0.1) is 13.2 Å². The third-order valence-electron chi connectivity index (χ3n) is 3.42. The fraction of sp³-hybridized carbons (Fsp3) is 0.500. The van der Waals surface area contributed by atoms with Crippen molar-refractivity contribution in [3.05, 3.63) is 29.6 Å². The van der Waals surface area contributed by atoms with Crippen LogP contribution < -0.4 is 0 Å². The normalized spacial score (nSPS) is 27.5. The molecule has 1 aromatic heterocycles. The molecule has 2 heterocycles. The lowest BCUT2D eigenvalue weighted by Gasteiger charge is -2.24.